The smallest absolute Gasteiger partial charge is 0.311 e. The third kappa shape index (κ3) is 12.4. The van der Waals surface area contributed by atoms with Crippen LogP contribution in [0.1, 0.15) is 70.9 Å². The maximum Gasteiger partial charge on any atom is 0.311 e. The quantitative estimate of drug-likeness (QED) is 0.167. The van der Waals surface area contributed by atoms with E-state index in [1.807, 2.05) is 88.4 Å². The van der Waals surface area contributed by atoms with Crippen molar-refractivity contribution in [1.29, 1.82) is 0 Å². The van der Waals surface area contributed by atoms with E-state index in [-0.39, 0.29) is 11.9 Å². The largest absolute Gasteiger partial charge is 0.460 e. The maximum absolute atomic E-state index is 12.4. The van der Waals surface area contributed by atoms with Crippen molar-refractivity contribution in [2.24, 2.45) is 10.8 Å². The molecule has 37 heavy (non-hydrogen) atoms. The summed E-state index contributed by atoms with van der Waals surface area (Å²) in [5, 5.41) is 0. The minimum atomic E-state index is -0.539. The van der Waals surface area contributed by atoms with E-state index in [0.717, 1.165) is 30.4 Å². The van der Waals surface area contributed by atoms with Crippen LogP contribution in [0.3, 0.4) is 0 Å². The summed E-state index contributed by atoms with van der Waals surface area (Å²) in [5.41, 5.74) is 0.899. The van der Waals surface area contributed by atoms with Crippen molar-refractivity contribution in [2.45, 2.75) is 73.0 Å². The molecule has 0 aromatic heterocycles. The van der Waals surface area contributed by atoms with Gasteiger partial charge in [0.2, 0.25) is 0 Å². The van der Waals surface area contributed by atoms with Crippen molar-refractivity contribution in [1.82, 2.24) is 0 Å². The van der Waals surface area contributed by atoms with E-state index in [1.165, 1.54) is 0 Å². The molecule has 0 aliphatic rings. The van der Waals surface area contributed by atoms with Gasteiger partial charge < -0.3 is 18.9 Å². The highest BCUT2D eigenvalue weighted by Gasteiger charge is 2.29. The van der Waals surface area contributed by atoms with Gasteiger partial charge in [0, 0.05) is 26.4 Å². The van der Waals surface area contributed by atoms with E-state index >= 15 is 0 Å². The van der Waals surface area contributed by atoms with Crippen LogP contribution in [0.5, 0.6) is 0 Å². The van der Waals surface area contributed by atoms with Crippen LogP contribution in [-0.2, 0) is 41.8 Å². The highest BCUT2D eigenvalue weighted by molar-refractivity contribution is 5.76. The molecule has 2 aromatic rings. The van der Waals surface area contributed by atoms with Crippen molar-refractivity contribution in [3.63, 3.8) is 0 Å². The molecule has 6 heteroatoms. The number of carbonyl (C=O) groups excluding carboxylic acids is 2. The van der Waals surface area contributed by atoms with Gasteiger partial charge in [-0.05, 0) is 70.9 Å². The van der Waals surface area contributed by atoms with Gasteiger partial charge in [0.25, 0.3) is 0 Å². The van der Waals surface area contributed by atoms with Gasteiger partial charge in [-0.15, -0.1) is 0 Å². The van der Waals surface area contributed by atoms with Crippen LogP contribution >= 0.6 is 0 Å². The van der Waals surface area contributed by atoms with Gasteiger partial charge in [0.05, 0.1) is 10.8 Å². The molecule has 0 aliphatic heterocycles. The molecule has 0 spiro atoms. The Kier molecular flexibility index (Phi) is 13.4. The molecular formula is C31H44O6. The summed E-state index contributed by atoms with van der Waals surface area (Å²) in [7, 11) is 0. The van der Waals surface area contributed by atoms with Gasteiger partial charge in [-0.1, -0.05) is 60.7 Å². The van der Waals surface area contributed by atoms with Crippen molar-refractivity contribution < 1.29 is 28.5 Å². The Balaban J connectivity index is 1.45. The SMILES string of the molecule is CC(C)(CCCOCCCOCCCC(C)(C)C(=O)OCc1ccccc1)C(=O)OCc1ccccc1. The lowest BCUT2D eigenvalue weighted by atomic mass is 9.88. The third-order valence-corrected chi connectivity index (χ3v) is 6.29. The minimum absolute atomic E-state index is 0.183. The predicted molar refractivity (Wildman–Crippen MR) is 145 cm³/mol. The van der Waals surface area contributed by atoms with E-state index in [9.17, 15) is 9.59 Å². The van der Waals surface area contributed by atoms with Crippen LogP contribution in [0, 0.1) is 10.8 Å². The zero-order chi connectivity index (χ0) is 27.0. The lowest BCUT2D eigenvalue weighted by Crippen LogP contribution is -2.27. The Bertz CT molecular complexity index is 832. The van der Waals surface area contributed by atoms with Gasteiger partial charge in [0.15, 0.2) is 0 Å². The molecule has 2 aromatic carbocycles. The Morgan fingerprint density at radius 2 is 0.919 bits per heavy atom. The molecule has 0 aliphatic carbocycles. The molecule has 0 saturated heterocycles. The van der Waals surface area contributed by atoms with E-state index in [4.69, 9.17) is 18.9 Å². The molecule has 0 bridgehead atoms. The van der Waals surface area contributed by atoms with Gasteiger partial charge in [-0.2, -0.15) is 0 Å². The lowest BCUT2D eigenvalue weighted by Gasteiger charge is -2.22. The second-order valence-electron chi connectivity index (χ2n) is 10.7. The molecule has 0 unspecified atom stereocenters. The second-order valence-corrected chi connectivity index (χ2v) is 10.7. The molecule has 2 rings (SSSR count). The first kappa shape index (κ1) is 30.5. The molecule has 0 radical (unpaired) electrons. The molecule has 6 nitrogen and oxygen atoms in total. The summed E-state index contributed by atoms with van der Waals surface area (Å²) in [4.78, 5) is 24.8. The number of esters is 2. The average Bonchev–Trinajstić information content (AvgIpc) is 2.90. The van der Waals surface area contributed by atoms with E-state index < -0.39 is 10.8 Å². The summed E-state index contributed by atoms with van der Waals surface area (Å²) in [6.07, 6.45) is 3.82. The van der Waals surface area contributed by atoms with Crippen LogP contribution in [0.25, 0.3) is 0 Å². The monoisotopic (exact) mass is 512 g/mol. The molecule has 0 N–H and O–H groups in total. The van der Waals surface area contributed by atoms with E-state index in [1.54, 1.807) is 0 Å². The van der Waals surface area contributed by atoms with E-state index in [0.29, 0.717) is 52.5 Å². The number of rotatable bonds is 18. The van der Waals surface area contributed by atoms with E-state index in [2.05, 4.69) is 0 Å². The topological polar surface area (TPSA) is 71.1 Å². The Labute approximate surface area is 222 Å². The van der Waals surface area contributed by atoms with Crippen LogP contribution in [0.2, 0.25) is 0 Å². The summed E-state index contributed by atoms with van der Waals surface area (Å²) >= 11 is 0. The highest BCUT2D eigenvalue weighted by atomic mass is 16.5. The Morgan fingerprint density at radius 3 is 1.30 bits per heavy atom. The number of carbonyl (C=O) groups is 2. The minimum Gasteiger partial charge on any atom is -0.460 e. The predicted octanol–water partition coefficient (Wildman–Crippen LogP) is 6.51. The first-order chi connectivity index (χ1) is 17.7. The fourth-order valence-electron chi connectivity index (χ4n) is 3.74. The van der Waals surface area contributed by atoms with Gasteiger partial charge in [-0.3, -0.25) is 9.59 Å². The van der Waals surface area contributed by atoms with Crippen LogP contribution in [-0.4, -0.2) is 38.4 Å². The van der Waals surface area contributed by atoms with Gasteiger partial charge in [0.1, 0.15) is 13.2 Å². The first-order valence-electron chi connectivity index (χ1n) is 13.3. The maximum atomic E-state index is 12.4. The number of ether oxygens (including phenoxy) is 4. The number of benzene rings is 2. The van der Waals surface area contributed by atoms with Crippen molar-refractivity contribution >= 4 is 11.9 Å². The lowest BCUT2D eigenvalue weighted by molar-refractivity contribution is -0.156. The second kappa shape index (κ2) is 16.2. The molecule has 0 saturated carbocycles. The number of hydrogen-bond donors (Lipinski definition) is 0. The third-order valence-electron chi connectivity index (χ3n) is 6.29. The van der Waals surface area contributed by atoms with Crippen LogP contribution < -0.4 is 0 Å². The zero-order valence-corrected chi connectivity index (χ0v) is 23.0. The van der Waals surface area contributed by atoms with Crippen molar-refractivity contribution in [3.8, 4) is 0 Å². The fraction of sp³-hybridized carbons (Fsp3) is 0.548. The van der Waals surface area contributed by atoms with Gasteiger partial charge >= 0.3 is 11.9 Å². The van der Waals surface area contributed by atoms with Gasteiger partial charge in [-0.25, -0.2) is 0 Å². The normalized spacial score (nSPS) is 11.8. The zero-order valence-electron chi connectivity index (χ0n) is 23.0. The molecule has 0 heterocycles. The van der Waals surface area contributed by atoms with Crippen molar-refractivity contribution in [3.05, 3.63) is 71.8 Å². The Morgan fingerprint density at radius 1 is 0.568 bits per heavy atom. The molecule has 0 fully saturated rings. The molecule has 204 valence electrons. The summed E-state index contributed by atoms with van der Waals surface area (Å²) in [6.45, 7) is 10.7. The highest BCUT2D eigenvalue weighted by Crippen LogP contribution is 2.26. The first-order valence-corrected chi connectivity index (χ1v) is 13.3. The summed E-state index contributed by atoms with van der Waals surface area (Å²) in [5.74, 6) is -0.366. The van der Waals surface area contributed by atoms with Crippen molar-refractivity contribution in [2.75, 3.05) is 26.4 Å². The van der Waals surface area contributed by atoms with Crippen LogP contribution in [0.15, 0.2) is 60.7 Å². The van der Waals surface area contributed by atoms with Crippen LogP contribution in [0.4, 0.5) is 0 Å². The fourth-order valence-corrected chi connectivity index (χ4v) is 3.74. The molecular weight excluding hydrogens is 468 g/mol. The standard InChI is InChI=1S/C31H44O6/c1-30(2,28(32)36-24-26-14-7-5-8-15-26)18-11-20-34-22-13-23-35-21-12-19-31(3,4)29(33)37-25-27-16-9-6-10-17-27/h5-10,14-17H,11-13,18-25H2,1-4H3. The molecule has 0 amide bonds. The summed E-state index contributed by atoms with van der Waals surface area (Å²) < 4.78 is 22.4. The Hall–Kier alpha value is -2.70. The molecule has 0 atom stereocenters. The number of hydrogen-bond acceptors (Lipinski definition) is 6. The summed E-state index contributed by atoms with van der Waals surface area (Å²) in [6, 6.07) is 19.4. The average molecular weight is 513 g/mol.